The number of rotatable bonds is 5. The van der Waals surface area contributed by atoms with Gasteiger partial charge in [-0.15, -0.1) is 0 Å². The zero-order chi connectivity index (χ0) is 56.5. The number of para-hydroxylation sites is 2. The van der Waals surface area contributed by atoms with Crippen LogP contribution < -0.4 is 31.3 Å². The van der Waals surface area contributed by atoms with E-state index in [2.05, 4.69) is 251 Å². The maximum absolute atomic E-state index is 7.97. The normalized spacial score (nSPS) is 25.0. The number of nitrogens with zero attached hydrogens (tertiary/aromatic N) is 3. The highest BCUT2D eigenvalue weighted by atomic mass is 16.5. The van der Waals surface area contributed by atoms with E-state index in [1.807, 2.05) is 0 Å². The van der Waals surface area contributed by atoms with Crippen molar-refractivity contribution in [2.24, 2.45) is 34.0 Å². The van der Waals surface area contributed by atoms with E-state index in [0.29, 0.717) is 11.8 Å². The van der Waals surface area contributed by atoms with Gasteiger partial charge in [-0.25, -0.2) is 0 Å². The first-order chi connectivity index (χ1) is 38.4. The lowest BCUT2D eigenvalue weighted by Crippen LogP contribution is -2.63. The molecule has 5 nitrogen and oxygen atoms in total. The van der Waals surface area contributed by atoms with E-state index in [9.17, 15) is 0 Å². The Balaban J connectivity index is 1.10. The molecule has 4 heterocycles. The van der Waals surface area contributed by atoms with Crippen molar-refractivity contribution in [3.8, 4) is 0 Å². The van der Waals surface area contributed by atoms with Crippen LogP contribution >= 0.6 is 0 Å². The highest BCUT2D eigenvalue weighted by Crippen LogP contribution is 2.60. The minimum absolute atomic E-state index is 0.00961. The molecule has 1 saturated carbocycles. The van der Waals surface area contributed by atoms with Crippen molar-refractivity contribution in [1.82, 2.24) is 0 Å². The van der Waals surface area contributed by atoms with Crippen molar-refractivity contribution < 1.29 is 9.15 Å². The summed E-state index contributed by atoms with van der Waals surface area (Å²) < 4.78 is 15.2. The van der Waals surface area contributed by atoms with Gasteiger partial charge in [0.15, 0.2) is 0 Å². The van der Waals surface area contributed by atoms with Crippen LogP contribution in [-0.4, -0.2) is 18.9 Å². The highest BCUT2D eigenvalue weighted by Gasteiger charge is 2.55. The quantitative estimate of drug-likeness (QED) is 0.160. The topological polar surface area (TPSA) is 32.1 Å². The summed E-state index contributed by atoms with van der Waals surface area (Å²) in [6.07, 6.45) is 20.7. The minimum atomic E-state index is -0.156. The van der Waals surface area contributed by atoms with Crippen LogP contribution in [0.5, 0.6) is 0 Å². The maximum Gasteiger partial charge on any atom is 0.297 e. The first kappa shape index (κ1) is 52.7. The van der Waals surface area contributed by atoms with Gasteiger partial charge in [-0.3, -0.25) is 0 Å². The van der Waals surface area contributed by atoms with Crippen molar-refractivity contribution in [2.45, 2.75) is 177 Å². The fourth-order valence-corrected chi connectivity index (χ4v) is 16.6. The third kappa shape index (κ3) is 8.35. The molecule has 1 saturated heterocycles. The van der Waals surface area contributed by atoms with Crippen LogP contribution in [0.1, 0.15) is 163 Å². The fourth-order valence-electron chi connectivity index (χ4n) is 16.6. The summed E-state index contributed by atoms with van der Waals surface area (Å²) in [6.45, 7) is 34.2. The predicted molar refractivity (Wildman–Crippen MR) is 341 cm³/mol. The van der Waals surface area contributed by atoms with Crippen LogP contribution in [0, 0.1) is 34.0 Å². The Kier molecular flexibility index (Phi) is 11.7. The molecule has 2 bridgehead atoms. The van der Waals surface area contributed by atoms with Gasteiger partial charge in [0.2, 0.25) is 0 Å². The lowest BCUT2D eigenvalue weighted by atomic mass is 9.35. The molecule has 8 aliphatic rings. The van der Waals surface area contributed by atoms with Crippen LogP contribution in [0.3, 0.4) is 0 Å². The van der Waals surface area contributed by atoms with E-state index in [1.54, 1.807) is 0 Å². The van der Waals surface area contributed by atoms with Gasteiger partial charge in [0.05, 0.1) is 29.0 Å². The molecule has 6 aromatic rings. The van der Waals surface area contributed by atoms with Gasteiger partial charge in [-0.1, -0.05) is 187 Å². The molecule has 2 fully saturated rings. The molecular weight excluding hydrogens is 986 g/mol. The summed E-state index contributed by atoms with van der Waals surface area (Å²) in [5, 5.41) is 0. The molecule has 5 aliphatic carbocycles. The molecule has 0 spiro atoms. The van der Waals surface area contributed by atoms with E-state index in [1.165, 1.54) is 97.8 Å². The number of ether oxygens (including phenoxy) is 1. The Morgan fingerprint density at radius 3 is 1.91 bits per heavy atom. The molecule has 14 rings (SSSR count). The summed E-state index contributed by atoms with van der Waals surface area (Å²) in [5.74, 6) is 3.36. The lowest BCUT2D eigenvalue weighted by molar-refractivity contribution is -0.0275. The molecular formula is C75H86BN3O2. The highest BCUT2D eigenvalue weighted by molar-refractivity contribution is 6.99. The van der Waals surface area contributed by atoms with E-state index in [-0.39, 0.29) is 57.3 Å². The molecule has 5 aromatic carbocycles. The Bertz CT molecular complexity index is 3620. The first-order valence-corrected chi connectivity index (χ1v) is 30.9. The Labute approximate surface area is 485 Å². The van der Waals surface area contributed by atoms with Crippen LogP contribution in [0.25, 0.3) is 0 Å². The third-order valence-electron chi connectivity index (χ3n) is 21.7. The largest absolute Gasteiger partial charge is 0.493 e. The number of hydrogen-bond acceptors (Lipinski definition) is 5. The maximum atomic E-state index is 7.97. The van der Waals surface area contributed by atoms with Crippen LogP contribution in [0.15, 0.2) is 161 Å². The average molecular weight is 1070 g/mol. The van der Waals surface area contributed by atoms with Gasteiger partial charge in [-0.05, 0) is 165 Å². The van der Waals surface area contributed by atoms with Gasteiger partial charge in [0.25, 0.3) is 6.71 Å². The van der Waals surface area contributed by atoms with Gasteiger partial charge in [0.1, 0.15) is 17.6 Å². The number of benzene rings is 5. The second-order valence-electron chi connectivity index (χ2n) is 30.6. The summed E-state index contributed by atoms with van der Waals surface area (Å²) >= 11 is 0. The number of furan rings is 1. The van der Waals surface area contributed by atoms with Crippen LogP contribution in [0.2, 0.25) is 0 Å². The third-order valence-corrected chi connectivity index (χ3v) is 21.7. The first-order valence-electron chi connectivity index (χ1n) is 30.9. The number of hydrogen-bond donors (Lipinski definition) is 0. The minimum Gasteiger partial charge on any atom is -0.493 e. The van der Waals surface area contributed by atoms with E-state index in [4.69, 9.17) is 9.15 Å². The van der Waals surface area contributed by atoms with Crippen molar-refractivity contribution in [3.63, 3.8) is 0 Å². The molecule has 5 atom stereocenters. The standard InChI is InChI=1S/C75H86BN3O2/c1-70(2,3)47-29-28-46-38-53(39-47)80-64-27-21-26-61(66(46)64)79-60-33-30-48(71(4,5)6)40-59(60)76-67-62(42-52(43-63(67)79)77(49-22-17-15-18-23-49)50-24-19-16-20-25-50)78(51-31-32-55-56(41-51)73(9,10)35-34-72(55,7)8)68-54-44-57-58(45-65(54)81-69(68)76)75(13,14)37-36-74(57,11)12/h15-33,40-43,53,57-58,61,66H,34-39,44-45H2,1-14H3. The molecule has 0 radical (unpaired) electrons. The molecule has 1 aromatic heterocycles. The summed E-state index contributed by atoms with van der Waals surface area (Å²) in [6, 6.07) is 42.3. The Morgan fingerprint density at radius 2 is 1.25 bits per heavy atom. The lowest BCUT2D eigenvalue weighted by Gasteiger charge is -2.54. The monoisotopic (exact) mass is 1070 g/mol. The molecule has 5 unspecified atom stereocenters. The van der Waals surface area contributed by atoms with Gasteiger partial charge >= 0.3 is 0 Å². The van der Waals surface area contributed by atoms with Crippen molar-refractivity contribution in [3.05, 3.63) is 184 Å². The zero-order valence-electron chi connectivity index (χ0n) is 51.1. The van der Waals surface area contributed by atoms with Gasteiger partial charge < -0.3 is 23.9 Å². The van der Waals surface area contributed by atoms with Crippen molar-refractivity contribution in [1.29, 1.82) is 0 Å². The van der Waals surface area contributed by atoms with Gasteiger partial charge in [-0.2, -0.15) is 0 Å². The van der Waals surface area contributed by atoms with Gasteiger partial charge in [0, 0.05) is 59.0 Å². The number of fused-ring (bicyclic) bond motifs is 12. The molecule has 0 amide bonds. The Hall–Kier alpha value is -6.40. The summed E-state index contributed by atoms with van der Waals surface area (Å²) in [7, 11) is 0. The van der Waals surface area contributed by atoms with E-state index in [0.717, 1.165) is 60.6 Å². The summed E-state index contributed by atoms with van der Waals surface area (Å²) in [4.78, 5) is 8.00. The summed E-state index contributed by atoms with van der Waals surface area (Å²) in [5.41, 5.74) is 22.4. The van der Waals surface area contributed by atoms with E-state index < -0.39 is 0 Å². The van der Waals surface area contributed by atoms with E-state index >= 15 is 0 Å². The predicted octanol–water partition coefficient (Wildman–Crippen LogP) is 17.9. The molecule has 81 heavy (non-hydrogen) atoms. The van der Waals surface area contributed by atoms with Crippen molar-refractivity contribution >= 4 is 68.8 Å². The van der Waals surface area contributed by atoms with Crippen LogP contribution in [0.4, 0.5) is 45.5 Å². The number of allylic oxidation sites excluding steroid dienone is 4. The van der Waals surface area contributed by atoms with Crippen LogP contribution in [-0.2, 0) is 33.8 Å². The van der Waals surface area contributed by atoms with Crippen molar-refractivity contribution in [2.75, 3.05) is 14.7 Å². The molecule has 3 aliphatic heterocycles. The molecule has 0 N–H and O–H groups in total. The molecule has 6 heteroatoms. The smallest absolute Gasteiger partial charge is 0.297 e. The SMILES string of the molecule is CC(C)(C)C1=CC=C2CC(C1)OC1=CC=CC(N3c4ccc(C(C)(C)C)cc4B4c5oc6c(c5N(c5ccc7c(c5)C(C)(C)CCC7(C)C)c5cc(N(c7ccccc7)c7ccccc7)cc3c54)CC3C(C6)C(C)(C)CCC3(C)C)C21. The average Bonchev–Trinajstić information content (AvgIpc) is 3.54. The second kappa shape index (κ2) is 18.1. The zero-order valence-corrected chi connectivity index (χ0v) is 51.1. The number of anilines is 8. The second-order valence-corrected chi connectivity index (χ2v) is 30.6. The fraction of sp³-hybridized carbons (Fsp3) is 0.440. The molecule has 416 valence electrons. The Morgan fingerprint density at radius 1 is 0.593 bits per heavy atom.